The van der Waals surface area contributed by atoms with Crippen LogP contribution in [0.2, 0.25) is 0 Å². The van der Waals surface area contributed by atoms with E-state index in [1.165, 1.54) is 6.07 Å². The van der Waals surface area contributed by atoms with Gasteiger partial charge in [0.05, 0.1) is 23.3 Å². The molecule has 0 fully saturated rings. The minimum Gasteiger partial charge on any atom is -0.389 e. The minimum absolute atomic E-state index is 0.0452. The van der Waals surface area contributed by atoms with Gasteiger partial charge in [-0.2, -0.15) is 0 Å². The quantitative estimate of drug-likeness (QED) is 0.830. The van der Waals surface area contributed by atoms with Crippen molar-refractivity contribution in [3.8, 4) is 5.69 Å². The maximum absolute atomic E-state index is 13.7. The number of hydrogen-bond acceptors (Lipinski definition) is 2. The molecule has 0 aliphatic rings. The van der Waals surface area contributed by atoms with Gasteiger partial charge in [-0.05, 0) is 26.0 Å². The van der Waals surface area contributed by atoms with Crippen LogP contribution in [0.1, 0.15) is 17.0 Å². The fourth-order valence-corrected chi connectivity index (χ4v) is 1.90. The van der Waals surface area contributed by atoms with Gasteiger partial charge in [0, 0.05) is 5.69 Å². The molecule has 1 heterocycles. The van der Waals surface area contributed by atoms with Gasteiger partial charge in [0.15, 0.2) is 0 Å². The molecule has 2 aromatic rings. The molecule has 1 aromatic carbocycles. The SMILES string of the molecule is Cc1ncn(-c2cccc(F)c2C(N)=S)c1C. The van der Waals surface area contributed by atoms with Crippen molar-refractivity contribution in [1.29, 1.82) is 0 Å². The lowest BCUT2D eigenvalue weighted by Gasteiger charge is -2.11. The Balaban J connectivity index is 2.72. The molecule has 3 nitrogen and oxygen atoms in total. The van der Waals surface area contributed by atoms with E-state index in [0.29, 0.717) is 5.69 Å². The largest absolute Gasteiger partial charge is 0.389 e. The van der Waals surface area contributed by atoms with E-state index in [2.05, 4.69) is 4.98 Å². The topological polar surface area (TPSA) is 43.8 Å². The Bertz CT molecular complexity index is 589. The highest BCUT2D eigenvalue weighted by molar-refractivity contribution is 7.80. The van der Waals surface area contributed by atoms with Crippen LogP contribution in [0, 0.1) is 19.7 Å². The zero-order chi connectivity index (χ0) is 12.6. The number of halogens is 1. The number of thiocarbonyl (C=S) groups is 1. The standard InChI is InChI=1S/C12H12FN3S/c1-7-8(2)16(6-15-7)10-5-3-4-9(13)11(10)12(14)17/h3-6H,1-2H3,(H2,14,17). The van der Waals surface area contributed by atoms with Crippen molar-refractivity contribution in [1.82, 2.24) is 9.55 Å². The summed E-state index contributed by atoms with van der Waals surface area (Å²) in [4.78, 5) is 4.22. The second-order valence-corrected chi connectivity index (χ2v) is 4.22. The lowest BCUT2D eigenvalue weighted by atomic mass is 10.1. The smallest absolute Gasteiger partial charge is 0.135 e. The van der Waals surface area contributed by atoms with Crippen LogP contribution in [-0.4, -0.2) is 14.5 Å². The first kappa shape index (κ1) is 11.7. The monoisotopic (exact) mass is 249 g/mol. The van der Waals surface area contributed by atoms with E-state index < -0.39 is 5.82 Å². The predicted octanol–water partition coefficient (Wildman–Crippen LogP) is 2.26. The lowest BCUT2D eigenvalue weighted by molar-refractivity contribution is 0.624. The van der Waals surface area contributed by atoms with Crippen LogP contribution in [0.3, 0.4) is 0 Å². The summed E-state index contributed by atoms with van der Waals surface area (Å²) in [6, 6.07) is 4.74. The molecule has 88 valence electrons. The van der Waals surface area contributed by atoms with Crippen molar-refractivity contribution < 1.29 is 4.39 Å². The number of aromatic nitrogens is 2. The molecule has 0 saturated heterocycles. The zero-order valence-electron chi connectivity index (χ0n) is 9.57. The van der Waals surface area contributed by atoms with Crippen molar-refractivity contribution in [3.05, 3.63) is 47.3 Å². The van der Waals surface area contributed by atoms with Crippen molar-refractivity contribution in [2.24, 2.45) is 5.73 Å². The fraction of sp³-hybridized carbons (Fsp3) is 0.167. The molecule has 1 aromatic heterocycles. The molecule has 0 saturated carbocycles. The van der Waals surface area contributed by atoms with Crippen molar-refractivity contribution in [2.75, 3.05) is 0 Å². The fourth-order valence-electron chi connectivity index (χ4n) is 1.70. The maximum atomic E-state index is 13.7. The maximum Gasteiger partial charge on any atom is 0.135 e. The van der Waals surface area contributed by atoms with E-state index in [-0.39, 0.29) is 10.6 Å². The van der Waals surface area contributed by atoms with Crippen LogP contribution in [0.4, 0.5) is 4.39 Å². The van der Waals surface area contributed by atoms with Gasteiger partial charge in [-0.25, -0.2) is 9.37 Å². The average molecular weight is 249 g/mol. The summed E-state index contributed by atoms with van der Waals surface area (Å²) >= 11 is 4.89. The molecule has 0 aliphatic heterocycles. The van der Waals surface area contributed by atoms with Gasteiger partial charge in [0.2, 0.25) is 0 Å². The van der Waals surface area contributed by atoms with Gasteiger partial charge in [0.25, 0.3) is 0 Å². The number of nitrogens with two attached hydrogens (primary N) is 1. The molecule has 0 unspecified atom stereocenters. The lowest BCUT2D eigenvalue weighted by Crippen LogP contribution is -2.16. The molecule has 0 aliphatic carbocycles. The first-order valence-electron chi connectivity index (χ1n) is 5.11. The molecule has 0 radical (unpaired) electrons. The third-order valence-corrected chi connectivity index (χ3v) is 2.95. The summed E-state index contributed by atoms with van der Waals surface area (Å²) in [6.07, 6.45) is 1.64. The minimum atomic E-state index is -0.416. The Morgan fingerprint density at radius 1 is 1.41 bits per heavy atom. The number of imidazole rings is 1. The number of aryl methyl sites for hydroxylation is 1. The Hall–Kier alpha value is -1.75. The molecule has 17 heavy (non-hydrogen) atoms. The van der Waals surface area contributed by atoms with Gasteiger partial charge >= 0.3 is 0 Å². The van der Waals surface area contributed by atoms with Gasteiger partial charge in [0.1, 0.15) is 10.8 Å². The van der Waals surface area contributed by atoms with Gasteiger partial charge < -0.3 is 10.3 Å². The number of nitrogens with zero attached hydrogens (tertiary/aromatic N) is 2. The van der Waals surface area contributed by atoms with Crippen LogP contribution >= 0.6 is 12.2 Å². The van der Waals surface area contributed by atoms with E-state index >= 15 is 0 Å². The highest BCUT2D eigenvalue weighted by atomic mass is 32.1. The number of rotatable bonds is 2. The number of hydrogen-bond donors (Lipinski definition) is 1. The Morgan fingerprint density at radius 2 is 2.12 bits per heavy atom. The summed E-state index contributed by atoms with van der Waals surface area (Å²) in [5.41, 5.74) is 8.27. The second kappa shape index (κ2) is 4.25. The average Bonchev–Trinajstić information content (AvgIpc) is 2.59. The van der Waals surface area contributed by atoms with Crippen LogP contribution in [0.25, 0.3) is 5.69 Å². The summed E-state index contributed by atoms with van der Waals surface area (Å²) in [5.74, 6) is -0.416. The van der Waals surface area contributed by atoms with E-state index in [9.17, 15) is 4.39 Å². The predicted molar refractivity (Wildman–Crippen MR) is 68.9 cm³/mol. The first-order chi connectivity index (χ1) is 8.02. The molecule has 5 heteroatoms. The number of benzene rings is 1. The van der Waals surface area contributed by atoms with E-state index in [4.69, 9.17) is 18.0 Å². The van der Waals surface area contributed by atoms with Gasteiger partial charge in [-0.1, -0.05) is 18.3 Å². The Kier molecular flexibility index (Phi) is 2.93. The van der Waals surface area contributed by atoms with Crippen molar-refractivity contribution in [2.45, 2.75) is 13.8 Å². The highest BCUT2D eigenvalue weighted by Crippen LogP contribution is 2.20. The van der Waals surface area contributed by atoms with Crippen LogP contribution in [0.15, 0.2) is 24.5 Å². The van der Waals surface area contributed by atoms with E-state index in [1.807, 2.05) is 13.8 Å². The van der Waals surface area contributed by atoms with Crippen LogP contribution < -0.4 is 5.73 Å². The van der Waals surface area contributed by atoms with E-state index in [0.717, 1.165) is 11.4 Å². The van der Waals surface area contributed by atoms with Gasteiger partial charge in [-0.3, -0.25) is 0 Å². The third-order valence-electron chi connectivity index (χ3n) is 2.75. The molecular formula is C12H12FN3S. The summed E-state index contributed by atoms with van der Waals surface area (Å²) < 4.78 is 15.5. The van der Waals surface area contributed by atoms with Crippen molar-refractivity contribution in [3.63, 3.8) is 0 Å². The molecule has 0 spiro atoms. The molecule has 0 amide bonds. The normalized spacial score (nSPS) is 10.5. The molecule has 2 N–H and O–H groups in total. The first-order valence-corrected chi connectivity index (χ1v) is 5.52. The molecule has 0 atom stereocenters. The van der Waals surface area contributed by atoms with Crippen LogP contribution in [0.5, 0.6) is 0 Å². The van der Waals surface area contributed by atoms with Crippen molar-refractivity contribution >= 4 is 17.2 Å². The molecule has 0 bridgehead atoms. The third kappa shape index (κ3) is 1.93. The Morgan fingerprint density at radius 3 is 2.65 bits per heavy atom. The molecular weight excluding hydrogens is 237 g/mol. The second-order valence-electron chi connectivity index (χ2n) is 3.78. The van der Waals surface area contributed by atoms with Crippen LogP contribution in [-0.2, 0) is 0 Å². The summed E-state index contributed by atoms with van der Waals surface area (Å²) in [6.45, 7) is 3.81. The zero-order valence-corrected chi connectivity index (χ0v) is 10.4. The van der Waals surface area contributed by atoms with Gasteiger partial charge in [-0.15, -0.1) is 0 Å². The molecule has 2 rings (SSSR count). The summed E-state index contributed by atoms with van der Waals surface area (Å²) in [7, 11) is 0. The van der Waals surface area contributed by atoms with E-state index in [1.54, 1.807) is 23.0 Å². The Labute approximate surface area is 104 Å². The summed E-state index contributed by atoms with van der Waals surface area (Å²) in [5, 5.41) is 0. The highest BCUT2D eigenvalue weighted by Gasteiger charge is 2.14.